The lowest BCUT2D eigenvalue weighted by molar-refractivity contribution is -0.0421. The molecule has 0 radical (unpaired) electrons. The summed E-state index contributed by atoms with van der Waals surface area (Å²) in [5.74, 6) is 0. The van der Waals surface area contributed by atoms with Crippen molar-refractivity contribution in [3.8, 4) is 0 Å². The number of hydrogen-bond acceptors (Lipinski definition) is 2. The first-order chi connectivity index (χ1) is 11.3. The largest absolute Gasteiger partial charge is 0.394 e. The van der Waals surface area contributed by atoms with Gasteiger partial charge in [0.1, 0.15) is 0 Å². The average Bonchev–Trinajstić information content (AvgIpc) is 2.95. The topological polar surface area (TPSA) is 28.4 Å². The number of hydrogen-bond donors (Lipinski definition) is 1. The molecule has 0 bridgehead atoms. The highest BCUT2D eigenvalue weighted by atomic mass is 16.3. The highest BCUT2D eigenvalue weighted by Crippen LogP contribution is 2.59. The summed E-state index contributed by atoms with van der Waals surface area (Å²) in [5.41, 5.74) is 4.82. The molecule has 3 aliphatic rings. The third-order valence-electron chi connectivity index (χ3n) is 6.95. The fraction of sp³-hybridized carbons (Fsp3) is 0.600. The highest BCUT2D eigenvalue weighted by Gasteiger charge is 2.52. The zero-order chi connectivity index (χ0) is 15.6. The van der Waals surface area contributed by atoms with Gasteiger partial charge in [-0.1, -0.05) is 25.1 Å². The number of rotatable bonds is 2. The summed E-state index contributed by atoms with van der Waals surface area (Å²) in [6.07, 6.45) is 6.16. The molecule has 0 saturated carbocycles. The van der Waals surface area contributed by atoms with Crippen LogP contribution >= 0.6 is 0 Å². The van der Waals surface area contributed by atoms with E-state index in [9.17, 15) is 5.11 Å². The molecule has 0 unspecified atom stereocenters. The Kier molecular flexibility index (Phi) is 2.96. The number of aliphatic hydroxyl groups excluding tert-OH is 1. The molecular formula is C20H26N2O. The fourth-order valence-corrected chi connectivity index (χ4v) is 5.99. The van der Waals surface area contributed by atoms with Crippen molar-refractivity contribution < 1.29 is 5.11 Å². The van der Waals surface area contributed by atoms with Crippen molar-refractivity contribution in [1.29, 1.82) is 0 Å². The third-order valence-corrected chi connectivity index (χ3v) is 6.95. The molecule has 5 rings (SSSR count). The number of aliphatic hydroxyl groups is 1. The van der Waals surface area contributed by atoms with Gasteiger partial charge in [-0.15, -0.1) is 0 Å². The molecule has 3 aliphatic heterocycles. The first-order valence-corrected chi connectivity index (χ1v) is 9.25. The van der Waals surface area contributed by atoms with Gasteiger partial charge in [-0.2, -0.15) is 0 Å². The smallest absolute Gasteiger partial charge is 0.0639 e. The Labute approximate surface area is 137 Å². The van der Waals surface area contributed by atoms with E-state index in [0.29, 0.717) is 11.5 Å². The SMILES string of the molecule is CC[C@@]12CCCN3CCc4c(n(c5ccccc45)[C@H](CO)C1)[C@@H]32. The monoisotopic (exact) mass is 310 g/mol. The Hall–Kier alpha value is -1.32. The van der Waals surface area contributed by atoms with Crippen LogP contribution in [0.2, 0.25) is 0 Å². The molecule has 3 nitrogen and oxygen atoms in total. The lowest BCUT2D eigenvalue weighted by Gasteiger charge is -2.56. The average molecular weight is 310 g/mol. The standard InChI is InChI=1S/C20H26N2O/c1-2-20-9-5-10-21-11-8-16-15-6-3-4-7-17(15)22(14(12-20)13-23)18(16)19(20)21/h3-4,6-7,14,19,23H,2,5,8-13H2,1H3/t14-,19+,20+/m0/s1. The Morgan fingerprint density at radius 1 is 1.26 bits per heavy atom. The number of para-hydroxylation sites is 1. The maximum Gasteiger partial charge on any atom is 0.0639 e. The minimum atomic E-state index is 0.248. The second-order valence-electron chi connectivity index (χ2n) is 7.80. The summed E-state index contributed by atoms with van der Waals surface area (Å²) in [5, 5.41) is 11.6. The maximum atomic E-state index is 10.2. The normalized spacial score (nSPS) is 33.0. The molecule has 1 saturated heterocycles. The summed E-state index contributed by atoms with van der Waals surface area (Å²) in [6, 6.07) is 9.67. The predicted molar refractivity (Wildman–Crippen MR) is 92.7 cm³/mol. The zero-order valence-electron chi connectivity index (χ0n) is 14.0. The van der Waals surface area contributed by atoms with Gasteiger partial charge in [0.05, 0.1) is 18.7 Å². The van der Waals surface area contributed by atoms with E-state index in [-0.39, 0.29) is 12.6 Å². The van der Waals surface area contributed by atoms with Gasteiger partial charge in [-0.25, -0.2) is 0 Å². The molecule has 1 N–H and O–H groups in total. The molecule has 23 heavy (non-hydrogen) atoms. The van der Waals surface area contributed by atoms with E-state index in [0.717, 1.165) is 12.8 Å². The lowest BCUT2D eigenvalue weighted by atomic mass is 9.63. The van der Waals surface area contributed by atoms with E-state index in [2.05, 4.69) is 40.7 Å². The lowest BCUT2D eigenvalue weighted by Crippen LogP contribution is -2.53. The van der Waals surface area contributed by atoms with Gasteiger partial charge in [0, 0.05) is 23.1 Å². The van der Waals surface area contributed by atoms with E-state index in [1.165, 1.54) is 43.3 Å². The molecule has 1 fully saturated rings. The van der Waals surface area contributed by atoms with Gasteiger partial charge in [-0.3, -0.25) is 4.90 Å². The van der Waals surface area contributed by atoms with E-state index in [1.54, 1.807) is 11.3 Å². The van der Waals surface area contributed by atoms with Gasteiger partial charge < -0.3 is 9.67 Å². The van der Waals surface area contributed by atoms with Crippen molar-refractivity contribution >= 4 is 10.9 Å². The summed E-state index contributed by atoms with van der Waals surface area (Å²) >= 11 is 0. The molecule has 1 aromatic heterocycles. The van der Waals surface area contributed by atoms with Crippen LogP contribution in [0.4, 0.5) is 0 Å². The number of fused-ring (bicyclic) bond motifs is 3. The summed E-state index contributed by atoms with van der Waals surface area (Å²) < 4.78 is 2.51. The molecule has 4 heterocycles. The van der Waals surface area contributed by atoms with Crippen LogP contribution in [0.25, 0.3) is 10.9 Å². The number of benzene rings is 1. The molecule has 122 valence electrons. The van der Waals surface area contributed by atoms with Crippen molar-refractivity contribution in [2.24, 2.45) is 5.41 Å². The summed E-state index contributed by atoms with van der Waals surface area (Å²) in [7, 11) is 0. The Morgan fingerprint density at radius 2 is 2.13 bits per heavy atom. The van der Waals surface area contributed by atoms with Crippen LogP contribution in [0, 0.1) is 5.41 Å². The molecule has 0 spiro atoms. The van der Waals surface area contributed by atoms with E-state index >= 15 is 0 Å². The Bertz CT molecular complexity index is 764. The molecule has 2 aromatic rings. The van der Waals surface area contributed by atoms with E-state index in [4.69, 9.17) is 0 Å². The van der Waals surface area contributed by atoms with Crippen molar-refractivity contribution in [1.82, 2.24) is 9.47 Å². The van der Waals surface area contributed by atoms with Crippen LogP contribution in [-0.2, 0) is 6.42 Å². The van der Waals surface area contributed by atoms with Gasteiger partial charge in [0.15, 0.2) is 0 Å². The van der Waals surface area contributed by atoms with Crippen molar-refractivity contribution in [3.05, 3.63) is 35.5 Å². The first kappa shape index (κ1) is 14.1. The minimum absolute atomic E-state index is 0.248. The Morgan fingerprint density at radius 3 is 2.96 bits per heavy atom. The van der Waals surface area contributed by atoms with Crippen LogP contribution in [0.5, 0.6) is 0 Å². The maximum absolute atomic E-state index is 10.2. The summed E-state index contributed by atoms with van der Waals surface area (Å²) in [4.78, 5) is 2.75. The number of piperidine rings is 1. The van der Waals surface area contributed by atoms with Gasteiger partial charge >= 0.3 is 0 Å². The van der Waals surface area contributed by atoms with Crippen molar-refractivity contribution in [3.63, 3.8) is 0 Å². The van der Waals surface area contributed by atoms with Gasteiger partial charge in [-0.05, 0) is 55.7 Å². The Balaban J connectivity index is 1.85. The second kappa shape index (κ2) is 4.84. The van der Waals surface area contributed by atoms with Crippen LogP contribution < -0.4 is 0 Å². The zero-order valence-corrected chi connectivity index (χ0v) is 14.0. The molecule has 1 aromatic carbocycles. The second-order valence-corrected chi connectivity index (χ2v) is 7.80. The number of aromatic nitrogens is 1. The molecule has 3 atom stereocenters. The molecule has 3 heteroatoms. The van der Waals surface area contributed by atoms with Crippen molar-refractivity contribution in [2.75, 3.05) is 19.7 Å². The van der Waals surface area contributed by atoms with Gasteiger partial charge in [0.25, 0.3) is 0 Å². The quantitative estimate of drug-likeness (QED) is 0.917. The van der Waals surface area contributed by atoms with Gasteiger partial charge in [0.2, 0.25) is 0 Å². The highest BCUT2D eigenvalue weighted by molar-refractivity contribution is 5.86. The molecular weight excluding hydrogens is 284 g/mol. The van der Waals surface area contributed by atoms with E-state index in [1.807, 2.05) is 0 Å². The molecule has 0 aliphatic carbocycles. The van der Waals surface area contributed by atoms with Crippen LogP contribution in [0.3, 0.4) is 0 Å². The minimum Gasteiger partial charge on any atom is -0.394 e. The van der Waals surface area contributed by atoms with Crippen LogP contribution in [0.1, 0.15) is 55.9 Å². The predicted octanol–water partition coefficient (Wildman–Crippen LogP) is 3.67. The fourth-order valence-electron chi connectivity index (χ4n) is 5.99. The van der Waals surface area contributed by atoms with Crippen molar-refractivity contribution in [2.45, 2.75) is 51.1 Å². The third kappa shape index (κ3) is 1.67. The number of nitrogens with zero attached hydrogens (tertiary/aromatic N) is 2. The van der Waals surface area contributed by atoms with Crippen LogP contribution in [-0.4, -0.2) is 34.3 Å². The van der Waals surface area contributed by atoms with Crippen LogP contribution in [0.15, 0.2) is 24.3 Å². The van der Waals surface area contributed by atoms with E-state index < -0.39 is 0 Å². The first-order valence-electron chi connectivity index (χ1n) is 9.25. The molecule has 0 amide bonds. The summed E-state index contributed by atoms with van der Waals surface area (Å²) in [6.45, 7) is 5.08.